The molecule has 2 aromatic rings. The summed E-state index contributed by atoms with van der Waals surface area (Å²) in [4.78, 5) is 30.0. The van der Waals surface area contributed by atoms with E-state index in [0.29, 0.717) is 6.54 Å². The highest BCUT2D eigenvalue weighted by atomic mass is 32.1. The summed E-state index contributed by atoms with van der Waals surface area (Å²) in [7, 11) is 0. The van der Waals surface area contributed by atoms with Crippen LogP contribution in [0.4, 0.5) is 0 Å². The van der Waals surface area contributed by atoms with Crippen molar-refractivity contribution in [1.82, 2.24) is 24.9 Å². The fourth-order valence-electron chi connectivity index (χ4n) is 2.74. The number of aryl methyl sites for hydroxylation is 1. The molecular formula is C14H18N6O2S. The van der Waals surface area contributed by atoms with Crippen molar-refractivity contribution in [3.63, 3.8) is 0 Å². The van der Waals surface area contributed by atoms with Crippen LogP contribution in [0.2, 0.25) is 0 Å². The highest BCUT2D eigenvalue weighted by Gasteiger charge is 2.31. The van der Waals surface area contributed by atoms with Crippen molar-refractivity contribution < 1.29 is 9.59 Å². The van der Waals surface area contributed by atoms with Gasteiger partial charge < -0.3 is 10.6 Å². The van der Waals surface area contributed by atoms with E-state index in [-0.39, 0.29) is 24.2 Å². The number of nitrogens with zero attached hydrogens (tertiary/aromatic N) is 5. The van der Waals surface area contributed by atoms with Gasteiger partial charge in [-0.15, -0.1) is 16.4 Å². The number of amides is 2. The minimum absolute atomic E-state index is 0.0174. The van der Waals surface area contributed by atoms with E-state index in [1.54, 1.807) is 16.2 Å². The quantitative estimate of drug-likeness (QED) is 0.894. The molecule has 2 aromatic heterocycles. The van der Waals surface area contributed by atoms with E-state index >= 15 is 0 Å². The maximum atomic E-state index is 12.8. The molecule has 3 heterocycles. The molecule has 2 amide bonds. The van der Waals surface area contributed by atoms with Crippen molar-refractivity contribution in [3.8, 4) is 0 Å². The van der Waals surface area contributed by atoms with E-state index in [2.05, 4.69) is 15.3 Å². The summed E-state index contributed by atoms with van der Waals surface area (Å²) in [5.41, 5.74) is 6.32. The number of hydrogen-bond acceptors (Lipinski definition) is 6. The number of hydrogen-bond donors (Lipinski definition) is 1. The van der Waals surface area contributed by atoms with Gasteiger partial charge in [0, 0.05) is 17.6 Å². The second kappa shape index (κ2) is 6.45. The zero-order valence-electron chi connectivity index (χ0n) is 12.8. The first-order valence-electron chi connectivity index (χ1n) is 7.46. The molecule has 1 atom stereocenters. The van der Waals surface area contributed by atoms with Crippen molar-refractivity contribution >= 4 is 23.2 Å². The van der Waals surface area contributed by atoms with Crippen molar-refractivity contribution in [2.45, 2.75) is 38.8 Å². The predicted octanol–water partition coefficient (Wildman–Crippen LogP) is 0.896. The summed E-state index contributed by atoms with van der Waals surface area (Å²) >= 11 is 1.58. The van der Waals surface area contributed by atoms with Crippen LogP contribution in [0.1, 0.15) is 46.5 Å². The second-order valence-electron chi connectivity index (χ2n) is 5.60. The molecule has 1 fully saturated rings. The third-order valence-electron chi connectivity index (χ3n) is 3.76. The Labute approximate surface area is 137 Å². The van der Waals surface area contributed by atoms with E-state index in [4.69, 9.17) is 5.73 Å². The Morgan fingerprint density at radius 2 is 2.26 bits per heavy atom. The van der Waals surface area contributed by atoms with Gasteiger partial charge in [0.25, 0.3) is 5.91 Å². The van der Waals surface area contributed by atoms with Gasteiger partial charge in [-0.25, -0.2) is 9.67 Å². The zero-order valence-corrected chi connectivity index (χ0v) is 13.6. The Kier molecular flexibility index (Phi) is 4.37. The lowest BCUT2D eigenvalue weighted by molar-refractivity contribution is -0.118. The Morgan fingerprint density at radius 1 is 1.43 bits per heavy atom. The van der Waals surface area contributed by atoms with Crippen LogP contribution in [0.5, 0.6) is 0 Å². The van der Waals surface area contributed by atoms with Gasteiger partial charge >= 0.3 is 0 Å². The first-order chi connectivity index (χ1) is 11.0. The Morgan fingerprint density at radius 3 is 2.96 bits per heavy atom. The van der Waals surface area contributed by atoms with E-state index in [1.165, 1.54) is 10.9 Å². The highest BCUT2D eigenvalue weighted by molar-refractivity contribution is 7.09. The largest absolute Gasteiger partial charge is 0.368 e. The van der Waals surface area contributed by atoms with Crippen LogP contribution in [-0.4, -0.2) is 43.2 Å². The van der Waals surface area contributed by atoms with Gasteiger partial charge in [-0.1, -0.05) is 5.21 Å². The number of piperidine rings is 1. The maximum Gasteiger partial charge on any atom is 0.276 e. The number of likely N-dealkylation sites (tertiary alicyclic amines) is 1. The molecule has 2 N–H and O–H groups in total. The fraction of sp³-hybridized carbons (Fsp3) is 0.500. The maximum absolute atomic E-state index is 12.8. The van der Waals surface area contributed by atoms with Crippen LogP contribution >= 0.6 is 11.3 Å². The number of carbonyl (C=O) groups is 2. The normalized spacial score (nSPS) is 18.1. The summed E-state index contributed by atoms with van der Waals surface area (Å²) in [6.45, 7) is 2.53. The summed E-state index contributed by atoms with van der Waals surface area (Å²) < 4.78 is 1.28. The van der Waals surface area contributed by atoms with Gasteiger partial charge in [-0.3, -0.25) is 9.59 Å². The molecule has 1 saturated heterocycles. The molecule has 0 aromatic carbocycles. The van der Waals surface area contributed by atoms with Crippen LogP contribution in [0, 0.1) is 6.92 Å². The minimum Gasteiger partial charge on any atom is -0.368 e. The molecular weight excluding hydrogens is 316 g/mol. The number of nitrogens with two attached hydrogens (primary N) is 1. The summed E-state index contributed by atoms with van der Waals surface area (Å²) in [5.74, 6) is -0.707. The second-order valence-corrected chi connectivity index (χ2v) is 6.49. The molecule has 0 bridgehead atoms. The summed E-state index contributed by atoms with van der Waals surface area (Å²) in [6.07, 6.45) is 4.39. The lowest BCUT2D eigenvalue weighted by Crippen LogP contribution is -2.38. The number of aromatic nitrogens is 4. The van der Waals surface area contributed by atoms with E-state index in [1.807, 2.05) is 12.3 Å². The molecule has 0 saturated carbocycles. The van der Waals surface area contributed by atoms with Gasteiger partial charge in [0.2, 0.25) is 5.91 Å². The first kappa shape index (κ1) is 15.6. The van der Waals surface area contributed by atoms with E-state index in [9.17, 15) is 9.59 Å². The average Bonchev–Trinajstić information content (AvgIpc) is 3.15. The van der Waals surface area contributed by atoms with Crippen molar-refractivity contribution in [2.24, 2.45) is 5.73 Å². The molecule has 0 unspecified atom stereocenters. The minimum atomic E-state index is -0.525. The number of carbonyl (C=O) groups excluding carboxylic acids is 2. The number of rotatable bonds is 4. The van der Waals surface area contributed by atoms with Crippen LogP contribution in [0.25, 0.3) is 0 Å². The third kappa shape index (κ3) is 3.39. The molecule has 3 rings (SSSR count). The lowest BCUT2D eigenvalue weighted by atomic mass is 10.0. The Bertz CT molecular complexity index is 724. The van der Waals surface area contributed by atoms with Crippen LogP contribution < -0.4 is 5.73 Å². The van der Waals surface area contributed by atoms with Crippen molar-refractivity contribution in [2.75, 3.05) is 6.54 Å². The highest BCUT2D eigenvalue weighted by Crippen LogP contribution is 2.33. The van der Waals surface area contributed by atoms with Gasteiger partial charge in [0.1, 0.15) is 11.6 Å². The Balaban J connectivity index is 1.81. The summed E-state index contributed by atoms with van der Waals surface area (Å²) in [6, 6.07) is -0.0174. The van der Waals surface area contributed by atoms with Gasteiger partial charge in [-0.05, 0) is 26.2 Å². The molecule has 9 heteroatoms. The fourth-order valence-corrected chi connectivity index (χ4v) is 3.68. The molecule has 0 spiro atoms. The van der Waals surface area contributed by atoms with Crippen LogP contribution in [-0.2, 0) is 11.3 Å². The van der Waals surface area contributed by atoms with E-state index < -0.39 is 5.91 Å². The van der Waals surface area contributed by atoms with Crippen molar-refractivity contribution in [1.29, 1.82) is 0 Å². The summed E-state index contributed by atoms with van der Waals surface area (Å²) in [5, 5.41) is 10.6. The number of primary amides is 1. The first-order valence-corrected chi connectivity index (χ1v) is 8.34. The molecule has 122 valence electrons. The smallest absolute Gasteiger partial charge is 0.276 e. The van der Waals surface area contributed by atoms with Gasteiger partial charge in [0.05, 0.1) is 12.2 Å². The van der Waals surface area contributed by atoms with Crippen LogP contribution in [0.15, 0.2) is 11.6 Å². The SMILES string of the molecule is Cc1csc([C@@H]2CCCCN2C(=O)c2cn(CC(N)=O)nn2)n1. The standard InChI is InChI=1S/C14H18N6O2S/c1-9-8-23-13(16-9)11-4-2-3-5-20(11)14(22)10-6-19(18-17-10)7-12(15)21/h6,8,11H,2-5,7H2,1H3,(H2,15,21)/t11-/m0/s1. The lowest BCUT2D eigenvalue weighted by Gasteiger charge is -2.33. The molecule has 8 nitrogen and oxygen atoms in total. The monoisotopic (exact) mass is 334 g/mol. The molecule has 23 heavy (non-hydrogen) atoms. The van der Waals surface area contributed by atoms with Crippen LogP contribution in [0.3, 0.4) is 0 Å². The molecule has 0 aliphatic carbocycles. The number of thiazole rings is 1. The third-order valence-corrected chi connectivity index (χ3v) is 4.82. The van der Waals surface area contributed by atoms with E-state index in [0.717, 1.165) is 30.0 Å². The zero-order chi connectivity index (χ0) is 16.4. The van der Waals surface area contributed by atoms with Gasteiger partial charge in [0.15, 0.2) is 5.69 Å². The van der Waals surface area contributed by atoms with Gasteiger partial charge in [-0.2, -0.15) is 0 Å². The predicted molar refractivity (Wildman–Crippen MR) is 83.7 cm³/mol. The topological polar surface area (TPSA) is 107 Å². The van der Waals surface area contributed by atoms with Crippen molar-refractivity contribution in [3.05, 3.63) is 28.0 Å². The average molecular weight is 334 g/mol. The molecule has 0 radical (unpaired) electrons. The molecule has 1 aliphatic rings. The Hall–Kier alpha value is -2.29. The molecule has 1 aliphatic heterocycles.